The summed E-state index contributed by atoms with van der Waals surface area (Å²) < 4.78 is 0. The molecule has 0 spiro atoms. The average molecular weight is 230 g/mol. The number of fused-ring (bicyclic) bond motifs is 3. The topological polar surface area (TPSA) is 60.7 Å². The second kappa shape index (κ2) is 3.55. The molecule has 0 bridgehead atoms. The second-order valence-corrected chi connectivity index (χ2v) is 4.55. The molecule has 0 heterocycles. The highest BCUT2D eigenvalue weighted by atomic mass is 16.3. The fourth-order valence-electron chi connectivity index (χ4n) is 2.71. The van der Waals surface area contributed by atoms with Crippen LogP contribution in [0.1, 0.15) is 30.4 Å². The Morgan fingerprint density at radius 3 is 2.47 bits per heavy atom. The molecule has 2 aliphatic rings. The molecule has 1 aromatic carbocycles. The number of phenolic OH excluding ortho intramolecular Hbond substituents is 3. The lowest BCUT2D eigenvalue weighted by Crippen LogP contribution is -1.92. The molecule has 0 unspecified atom stereocenters. The summed E-state index contributed by atoms with van der Waals surface area (Å²) in [6.45, 7) is 0. The fraction of sp³-hybridized carbons (Fsp3) is 0.286. The highest BCUT2D eigenvalue weighted by Gasteiger charge is 2.25. The van der Waals surface area contributed by atoms with E-state index >= 15 is 0 Å². The van der Waals surface area contributed by atoms with Crippen molar-refractivity contribution in [3.05, 3.63) is 34.9 Å². The van der Waals surface area contributed by atoms with Crippen molar-refractivity contribution in [3.8, 4) is 17.2 Å². The number of benzene rings is 1. The summed E-state index contributed by atoms with van der Waals surface area (Å²) >= 11 is 0. The summed E-state index contributed by atoms with van der Waals surface area (Å²) in [7, 11) is 0. The predicted molar refractivity (Wildman–Crippen MR) is 65.1 cm³/mol. The minimum absolute atomic E-state index is 0.194. The first kappa shape index (κ1) is 10.3. The summed E-state index contributed by atoms with van der Waals surface area (Å²) in [5.41, 5.74) is 3.85. The first-order chi connectivity index (χ1) is 8.18. The third-order valence-electron chi connectivity index (χ3n) is 3.52. The van der Waals surface area contributed by atoms with Crippen molar-refractivity contribution < 1.29 is 15.3 Å². The van der Waals surface area contributed by atoms with Crippen molar-refractivity contribution >= 4 is 5.57 Å². The van der Waals surface area contributed by atoms with Gasteiger partial charge in [-0.1, -0.05) is 12.2 Å². The molecule has 0 radical (unpaired) electrons. The molecular weight excluding hydrogens is 216 g/mol. The largest absolute Gasteiger partial charge is 0.504 e. The van der Waals surface area contributed by atoms with Gasteiger partial charge in [-0.15, -0.1) is 0 Å². The monoisotopic (exact) mass is 230 g/mol. The van der Waals surface area contributed by atoms with Crippen LogP contribution >= 0.6 is 0 Å². The number of rotatable bonds is 0. The Balaban J connectivity index is 2.29. The SMILES string of the molecule is Oc1cc2c(c(O)c1O)C1=CCCC1=CCC2. The van der Waals surface area contributed by atoms with E-state index in [-0.39, 0.29) is 11.5 Å². The van der Waals surface area contributed by atoms with Crippen molar-refractivity contribution in [2.75, 3.05) is 0 Å². The number of hydrogen-bond donors (Lipinski definition) is 3. The highest BCUT2D eigenvalue weighted by molar-refractivity contribution is 5.88. The van der Waals surface area contributed by atoms with Crippen LogP contribution in [0.3, 0.4) is 0 Å². The molecule has 0 amide bonds. The Morgan fingerprint density at radius 2 is 1.65 bits per heavy atom. The summed E-state index contributed by atoms with van der Waals surface area (Å²) in [6.07, 6.45) is 7.93. The highest BCUT2D eigenvalue weighted by Crippen LogP contribution is 2.48. The van der Waals surface area contributed by atoms with Crippen LogP contribution in [0.4, 0.5) is 0 Å². The summed E-state index contributed by atoms with van der Waals surface area (Å²) in [6, 6.07) is 1.56. The van der Waals surface area contributed by atoms with Gasteiger partial charge in [0.1, 0.15) is 0 Å². The number of hydrogen-bond acceptors (Lipinski definition) is 3. The van der Waals surface area contributed by atoms with Gasteiger partial charge in [-0.2, -0.15) is 0 Å². The number of phenols is 3. The van der Waals surface area contributed by atoms with E-state index in [0.29, 0.717) is 5.56 Å². The second-order valence-electron chi connectivity index (χ2n) is 4.55. The van der Waals surface area contributed by atoms with Crippen LogP contribution in [0.2, 0.25) is 0 Å². The minimum Gasteiger partial charge on any atom is -0.504 e. The Morgan fingerprint density at radius 1 is 0.882 bits per heavy atom. The Hall–Kier alpha value is -1.90. The lowest BCUT2D eigenvalue weighted by molar-refractivity contribution is 0.366. The number of aromatic hydroxyl groups is 3. The summed E-state index contributed by atoms with van der Waals surface area (Å²) in [5.74, 6) is -0.859. The van der Waals surface area contributed by atoms with Crippen molar-refractivity contribution in [1.82, 2.24) is 0 Å². The van der Waals surface area contributed by atoms with Gasteiger partial charge in [-0.3, -0.25) is 0 Å². The molecule has 2 aliphatic carbocycles. The van der Waals surface area contributed by atoms with Gasteiger partial charge in [0.05, 0.1) is 0 Å². The molecule has 0 atom stereocenters. The van der Waals surface area contributed by atoms with Gasteiger partial charge in [0, 0.05) is 5.56 Å². The lowest BCUT2D eigenvalue weighted by atomic mass is 9.95. The van der Waals surface area contributed by atoms with E-state index in [9.17, 15) is 15.3 Å². The minimum atomic E-state index is -0.419. The lowest BCUT2D eigenvalue weighted by Gasteiger charge is -2.13. The maximum atomic E-state index is 10.0. The Bertz CT molecular complexity index is 553. The maximum Gasteiger partial charge on any atom is 0.200 e. The zero-order valence-corrected chi connectivity index (χ0v) is 9.40. The predicted octanol–water partition coefficient (Wildman–Crippen LogP) is 2.85. The van der Waals surface area contributed by atoms with E-state index < -0.39 is 5.75 Å². The molecule has 3 heteroatoms. The quantitative estimate of drug-likeness (QED) is 0.600. The Labute approximate surface area is 99.3 Å². The molecule has 88 valence electrons. The summed E-state index contributed by atoms with van der Waals surface area (Å²) in [4.78, 5) is 0. The molecule has 0 aromatic heterocycles. The molecule has 3 rings (SSSR count). The van der Waals surface area contributed by atoms with Gasteiger partial charge in [-0.05, 0) is 48.5 Å². The molecule has 0 aliphatic heterocycles. The maximum absolute atomic E-state index is 10.0. The average Bonchev–Trinajstić information content (AvgIpc) is 2.68. The van der Waals surface area contributed by atoms with E-state index in [0.717, 1.165) is 36.8 Å². The molecule has 0 saturated heterocycles. The van der Waals surface area contributed by atoms with Crippen molar-refractivity contribution in [1.29, 1.82) is 0 Å². The van der Waals surface area contributed by atoms with E-state index in [1.54, 1.807) is 6.07 Å². The van der Waals surface area contributed by atoms with E-state index in [1.807, 2.05) is 0 Å². The zero-order valence-electron chi connectivity index (χ0n) is 9.40. The molecular formula is C14H14O3. The first-order valence-electron chi connectivity index (χ1n) is 5.85. The molecule has 0 saturated carbocycles. The van der Waals surface area contributed by atoms with Crippen molar-refractivity contribution in [2.24, 2.45) is 0 Å². The summed E-state index contributed by atoms with van der Waals surface area (Å²) in [5, 5.41) is 29.2. The van der Waals surface area contributed by atoms with E-state index in [4.69, 9.17) is 0 Å². The number of aryl methyl sites for hydroxylation is 1. The van der Waals surface area contributed by atoms with Crippen molar-refractivity contribution in [3.63, 3.8) is 0 Å². The van der Waals surface area contributed by atoms with Gasteiger partial charge in [0.2, 0.25) is 5.75 Å². The van der Waals surface area contributed by atoms with Crippen LogP contribution in [0.15, 0.2) is 23.8 Å². The molecule has 3 nitrogen and oxygen atoms in total. The van der Waals surface area contributed by atoms with Crippen LogP contribution in [-0.4, -0.2) is 15.3 Å². The molecule has 3 N–H and O–H groups in total. The van der Waals surface area contributed by atoms with Crippen LogP contribution in [0.5, 0.6) is 17.2 Å². The van der Waals surface area contributed by atoms with Gasteiger partial charge in [0.25, 0.3) is 0 Å². The number of allylic oxidation sites excluding steroid dienone is 4. The van der Waals surface area contributed by atoms with Crippen LogP contribution in [0.25, 0.3) is 5.57 Å². The third-order valence-corrected chi connectivity index (χ3v) is 3.52. The van der Waals surface area contributed by atoms with Crippen LogP contribution < -0.4 is 0 Å². The fourth-order valence-corrected chi connectivity index (χ4v) is 2.71. The van der Waals surface area contributed by atoms with Crippen molar-refractivity contribution in [2.45, 2.75) is 25.7 Å². The van der Waals surface area contributed by atoms with Gasteiger partial charge in [-0.25, -0.2) is 0 Å². The first-order valence-corrected chi connectivity index (χ1v) is 5.85. The Kier molecular flexibility index (Phi) is 2.15. The normalized spacial score (nSPS) is 17.9. The molecule has 1 aromatic rings. The molecule has 17 heavy (non-hydrogen) atoms. The van der Waals surface area contributed by atoms with Crippen LogP contribution in [0, 0.1) is 0 Å². The zero-order chi connectivity index (χ0) is 12.0. The smallest absolute Gasteiger partial charge is 0.200 e. The van der Waals surface area contributed by atoms with E-state index in [2.05, 4.69) is 12.2 Å². The van der Waals surface area contributed by atoms with Gasteiger partial charge < -0.3 is 15.3 Å². The third kappa shape index (κ3) is 1.42. The van der Waals surface area contributed by atoms with Gasteiger partial charge >= 0.3 is 0 Å². The van der Waals surface area contributed by atoms with Crippen LogP contribution in [-0.2, 0) is 6.42 Å². The van der Waals surface area contributed by atoms with Gasteiger partial charge in [0.15, 0.2) is 11.5 Å². The molecule has 0 fully saturated rings. The standard InChI is InChI=1S/C14H14O3/c15-11-7-9-5-1-3-8-4-2-6-10(8)12(9)14(17)13(11)16/h3,6-7,15-17H,1-2,4-5H2. The van der Waals surface area contributed by atoms with E-state index in [1.165, 1.54) is 5.57 Å².